The summed E-state index contributed by atoms with van der Waals surface area (Å²) >= 11 is 0. The molecule has 0 aliphatic heterocycles. The number of rotatable bonds is 3. The van der Waals surface area contributed by atoms with Gasteiger partial charge in [-0.15, -0.1) is 0 Å². The Morgan fingerprint density at radius 2 is 1.83 bits per heavy atom. The van der Waals surface area contributed by atoms with E-state index in [1.807, 2.05) is 54.7 Å². The number of ether oxygens (including phenoxy) is 1. The topological polar surface area (TPSA) is 52.8 Å². The Morgan fingerprint density at radius 1 is 0.957 bits per heavy atom. The van der Waals surface area contributed by atoms with E-state index in [0.29, 0.717) is 0 Å². The first-order chi connectivity index (χ1) is 11.3. The molecule has 2 aromatic carbocycles. The molecule has 4 aromatic rings. The molecule has 0 fully saturated rings. The maximum Gasteiger partial charge on any atom is 0.121 e. The molecular weight excluding hydrogens is 288 g/mol. The molecule has 0 unspecified atom stereocenters. The van der Waals surface area contributed by atoms with E-state index in [9.17, 15) is 0 Å². The maximum absolute atomic E-state index is 5.25. The molecular formula is C18H14N4O. The highest BCUT2D eigenvalue weighted by Gasteiger charge is 2.07. The van der Waals surface area contributed by atoms with Crippen LogP contribution in [-0.2, 0) is 0 Å². The van der Waals surface area contributed by atoms with Crippen LogP contribution in [0.15, 0.2) is 67.1 Å². The van der Waals surface area contributed by atoms with Crippen molar-refractivity contribution < 1.29 is 4.74 Å². The lowest BCUT2D eigenvalue weighted by Crippen LogP contribution is -1.94. The van der Waals surface area contributed by atoms with Crippen molar-refractivity contribution in [1.29, 1.82) is 0 Å². The minimum atomic E-state index is 0.796. The molecule has 112 valence electrons. The standard InChI is InChI=1S/C18H14N4O/c1-23-15-6-4-5-14(9-15)22-12-13(10-20-22)18-11-19-16-7-2-3-8-17(16)21-18/h2-12H,1H3. The second-order valence-corrected chi connectivity index (χ2v) is 5.12. The summed E-state index contributed by atoms with van der Waals surface area (Å²) in [6.45, 7) is 0. The molecule has 0 aliphatic rings. The van der Waals surface area contributed by atoms with E-state index in [2.05, 4.69) is 15.1 Å². The number of para-hydroxylation sites is 2. The number of hydrogen-bond donors (Lipinski definition) is 0. The van der Waals surface area contributed by atoms with Gasteiger partial charge in [0.15, 0.2) is 0 Å². The molecule has 0 N–H and O–H groups in total. The van der Waals surface area contributed by atoms with Gasteiger partial charge in [-0.2, -0.15) is 5.10 Å². The van der Waals surface area contributed by atoms with Crippen LogP contribution in [0, 0.1) is 0 Å². The number of methoxy groups -OCH3 is 1. The van der Waals surface area contributed by atoms with E-state index in [-0.39, 0.29) is 0 Å². The van der Waals surface area contributed by atoms with Crippen LogP contribution in [0.1, 0.15) is 0 Å². The highest BCUT2D eigenvalue weighted by Crippen LogP contribution is 2.21. The summed E-state index contributed by atoms with van der Waals surface area (Å²) in [5, 5.41) is 4.41. The predicted octanol–water partition coefficient (Wildman–Crippen LogP) is 3.49. The monoisotopic (exact) mass is 302 g/mol. The zero-order valence-corrected chi connectivity index (χ0v) is 12.5. The summed E-state index contributed by atoms with van der Waals surface area (Å²) in [5.74, 6) is 0.796. The third-order valence-electron chi connectivity index (χ3n) is 3.64. The fourth-order valence-electron chi connectivity index (χ4n) is 2.45. The van der Waals surface area contributed by atoms with Gasteiger partial charge in [0, 0.05) is 17.8 Å². The van der Waals surface area contributed by atoms with E-state index in [4.69, 9.17) is 4.74 Å². The largest absolute Gasteiger partial charge is 0.497 e. The molecule has 0 bridgehead atoms. The van der Waals surface area contributed by atoms with Gasteiger partial charge >= 0.3 is 0 Å². The van der Waals surface area contributed by atoms with Gasteiger partial charge in [0.25, 0.3) is 0 Å². The molecule has 0 aliphatic carbocycles. The number of benzene rings is 2. The van der Waals surface area contributed by atoms with Gasteiger partial charge in [-0.25, -0.2) is 9.67 Å². The molecule has 0 saturated carbocycles. The summed E-state index contributed by atoms with van der Waals surface area (Å²) < 4.78 is 7.05. The van der Waals surface area contributed by atoms with Gasteiger partial charge in [0.05, 0.1) is 41.9 Å². The Bertz CT molecular complexity index is 977. The predicted molar refractivity (Wildman–Crippen MR) is 88.6 cm³/mol. The van der Waals surface area contributed by atoms with E-state index in [1.54, 1.807) is 24.2 Å². The van der Waals surface area contributed by atoms with Crippen LogP contribution in [0.25, 0.3) is 28.0 Å². The Kier molecular flexibility index (Phi) is 3.24. The summed E-state index contributed by atoms with van der Waals surface area (Å²) in [5.41, 5.74) is 4.42. The summed E-state index contributed by atoms with van der Waals surface area (Å²) in [6.07, 6.45) is 5.50. The van der Waals surface area contributed by atoms with Gasteiger partial charge in [-0.1, -0.05) is 18.2 Å². The molecule has 2 heterocycles. The lowest BCUT2D eigenvalue weighted by Gasteiger charge is -2.04. The molecule has 0 amide bonds. The maximum atomic E-state index is 5.25. The van der Waals surface area contributed by atoms with E-state index in [1.165, 1.54) is 0 Å². The Hall–Kier alpha value is -3.21. The molecule has 5 heteroatoms. The number of nitrogens with zero attached hydrogens (tertiary/aromatic N) is 4. The highest BCUT2D eigenvalue weighted by atomic mass is 16.5. The van der Waals surface area contributed by atoms with Crippen molar-refractivity contribution in [1.82, 2.24) is 19.7 Å². The van der Waals surface area contributed by atoms with Gasteiger partial charge < -0.3 is 4.74 Å². The van der Waals surface area contributed by atoms with Crippen LogP contribution in [0.4, 0.5) is 0 Å². The fourth-order valence-corrected chi connectivity index (χ4v) is 2.45. The summed E-state index contributed by atoms with van der Waals surface area (Å²) in [4.78, 5) is 9.09. The zero-order valence-electron chi connectivity index (χ0n) is 12.5. The lowest BCUT2D eigenvalue weighted by molar-refractivity contribution is 0.414. The Balaban J connectivity index is 1.73. The summed E-state index contributed by atoms with van der Waals surface area (Å²) in [7, 11) is 1.65. The molecule has 23 heavy (non-hydrogen) atoms. The van der Waals surface area contributed by atoms with Crippen LogP contribution in [-0.4, -0.2) is 26.9 Å². The zero-order chi connectivity index (χ0) is 15.6. The fraction of sp³-hybridized carbons (Fsp3) is 0.0556. The first-order valence-corrected chi connectivity index (χ1v) is 7.25. The van der Waals surface area contributed by atoms with Gasteiger partial charge in [-0.3, -0.25) is 4.98 Å². The normalized spacial score (nSPS) is 10.8. The second kappa shape index (κ2) is 5.53. The molecule has 0 saturated heterocycles. The van der Waals surface area contributed by atoms with Crippen molar-refractivity contribution in [3.05, 3.63) is 67.1 Å². The van der Waals surface area contributed by atoms with E-state index in [0.717, 1.165) is 33.7 Å². The third-order valence-corrected chi connectivity index (χ3v) is 3.64. The minimum Gasteiger partial charge on any atom is -0.497 e. The second-order valence-electron chi connectivity index (χ2n) is 5.12. The molecule has 0 radical (unpaired) electrons. The van der Waals surface area contributed by atoms with Crippen LogP contribution < -0.4 is 4.74 Å². The number of hydrogen-bond acceptors (Lipinski definition) is 4. The van der Waals surface area contributed by atoms with Crippen LogP contribution >= 0.6 is 0 Å². The number of fused-ring (bicyclic) bond motifs is 1. The first-order valence-electron chi connectivity index (χ1n) is 7.25. The van der Waals surface area contributed by atoms with Gasteiger partial charge in [-0.05, 0) is 24.3 Å². The van der Waals surface area contributed by atoms with Crippen molar-refractivity contribution in [2.24, 2.45) is 0 Å². The van der Waals surface area contributed by atoms with Crippen LogP contribution in [0.3, 0.4) is 0 Å². The molecule has 5 nitrogen and oxygen atoms in total. The third kappa shape index (κ3) is 2.53. The quantitative estimate of drug-likeness (QED) is 0.581. The van der Waals surface area contributed by atoms with E-state index < -0.39 is 0 Å². The average Bonchev–Trinajstić information content (AvgIpc) is 3.11. The van der Waals surface area contributed by atoms with Gasteiger partial charge in [0.2, 0.25) is 0 Å². The molecule has 4 rings (SSSR count). The van der Waals surface area contributed by atoms with Crippen molar-refractivity contribution in [2.75, 3.05) is 7.11 Å². The van der Waals surface area contributed by atoms with Crippen molar-refractivity contribution in [3.63, 3.8) is 0 Å². The average molecular weight is 302 g/mol. The minimum absolute atomic E-state index is 0.796. The molecule has 0 atom stereocenters. The van der Waals surface area contributed by atoms with Crippen molar-refractivity contribution in [3.8, 4) is 22.7 Å². The summed E-state index contributed by atoms with van der Waals surface area (Å²) in [6, 6.07) is 15.6. The van der Waals surface area contributed by atoms with Crippen LogP contribution in [0.5, 0.6) is 5.75 Å². The van der Waals surface area contributed by atoms with Crippen LogP contribution in [0.2, 0.25) is 0 Å². The van der Waals surface area contributed by atoms with Crippen molar-refractivity contribution in [2.45, 2.75) is 0 Å². The number of aromatic nitrogens is 4. The SMILES string of the molecule is COc1cccc(-n2cc(-c3cnc4ccccc4n3)cn2)c1. The first kappa shape index (κ1) is 13.5. The van der Waals surface area contributed by atoms with Gasteiger partial charge in [0.1, 0.15) is 5.75 Å². The Morgan fingerprint density at radius 3 is 2.70 bits per heavy atom. The Labute approximate surface area is 133 Å². The van der Waals surface area contributed by atoms with Crippen molar-refractivity contribution >= 4 is 11.0 Å². The van der Waals surface area contributed by atoms with E-state index >= 15 is 0 Å². The smallest absolute Gasteiger partial charge is 0.121 e. The highest BCUT2D eigenvalue weighted by molar-refractivity contribution is 5.76. The molecule has 0 spiro atoms. The molecule has 2 aromatic heterocycles. The lowest BCUT2D eigenvalue weighted by atomic mass is 10.2.